The maximum absolute atomic E-state index is 12.9. The van der Waals surface area contributed by atoms with Gasteiger partial charge in [-0.15, -0.1) is 0 Å². The van der Waals surface area contributed by atoms with Crippen molar-refractivity contribution in [3.8, 4) is 0 Å². The number of piperazine rings is 1. The molecule has 4 amide bonds. The summed E-state index contributed by atoms with van der Waals surface area (Å²) in [5.41, 5.74) is 1.82. The van der Waals surface area contributed by atoms with Gasteiger partial charge in [-0.1, -0.05) is 30.3 Å². The number of urea groups is 1. The topological polar surface area (TPSA) is 119 Å². The van der Waals surface area contributed by atoms with Crippen molar-refractivity contribution in [2.45, 2.75) is 24.9 Å². The zero-order valence-electron chi connectivity index (χ0n) is 17.4. The fourth-order valence-corrected chi connectivity index (χ4v) is 6.18. The van der Waals surface area contributed by atoms with Crippen molar-refractivity contribution in [3.63, 3.8) is 0 Å². The van der Waals surface area contributed by atoms with Crippen LogP contribution in [0.2, 0.25) is 0 Å². The Bertz CT molecular complexity index is 977. The summed E-state index contributed by atoms with van der Waals surface area (Å²) in [7, 11) is -2.93. The minimum Gasteiger partial charge on any atom is -0.318 e. The maximum Gasteiger partial charge on any atom is 0.344 e. The summed E-state index contributed by atoms with van der Waals surface area (Å²) >= 11 is 0. The van der Waals surface area contributed by atoms with Gasteiger partial charge in [0.05, 0.1) is 18.1 Å². The van der Waals surface area contributed by atoms with E-state index in [1.54, 1.807) is 31.2 Å². The van der Waals surface area contributed by atoms with Crippen LogP contribution in [0.25, 0.3) is 0 Å². The van der Waals surface area contributed by atoms with Gasteiger partial charge in [0.1, 0.15) is 5.54 Å². The van der Waals surface area contributed by atoms with Gasteiger partial charge >= 0.3 is 6.03 Å². The highest BCUT2D eigenvalue weighted by atomic mass is 32.2. The van der Waals surface area contributed by atoms with E-state index in [4.69, 9.17) is 0 Å². The van der Waals surface area contributed by atoms with Gasteiger partial charge in [0.2, 0.25) is 0 Å². The Hall–Kier alpha value is -2.50. The Morgan fingerprint density at radius 1 is 1.16 bits per heavy atom. The molecule has 3 saturated heterocycles. The first-order valence-electron chi connectivity index (χ1n) is 10.4. The summed E-state index contributed by atoms with van der Waals surface area (Å²) in [6, 6.07) is 8.26. The molecule has 3 heterocycles. The normalized spacial score (nSPS) is 29.2. The fourth-order valence-electron chi connectivity index (χ4n) is 4.42. The molecule has 0 unspecified atom stereocenters. The van der Waals surface area contributed by atoms with E-state index in [9.17, 15) is 22.8 Å². The first-order chi connectivity index (χ1) is 14.7. The number of hydrogen-bond acceptors (Lipinski definition) is 7. The first kappa shape index (κ1) is 21.7. The zero-order valence-corrected chi connectivity index (χ0v) is 18.2. The van der Waals surface area contributed by atoms with E-state index in [1.807, 2.05) is 11.0 Å². The lowest BCUT2D eigenvalue weighted by Gasteiger charge is -2.37. The van der Waals surface area contributed by atoms with Crippen LogP contribution in [-0.4, -0.2) is 91.3 Å². The van der Waals surface area contributed by atoms with E-state index in [0.717, 1.165) is 5.01 Å². The predicted molar refractivity (Wildman–Crippen MR) is 112 cm³/mol. The molecule has 2 atom stereocenters. The van der Waals surface area contributed by atoms with Crippen molar-refractivity contribution in [2.75, 3.05) is 44.2 Å². The molecule has 1 aromatic carbocycles. The predicted octanol–water partition coefficient (Wildman–Crippen LogP) is -0.710. The number of benzene rings is 1. The smallest absolute Gasteiger partial charge is 0.318 e. The second-order valence-corrected chi connectivity index (χ2v) is 10.7. The average Bonchev–Trinajstić information content (AvgIpc) is 3.21. The largest absolute Gasteiger partial charge is 0.344 e. The molecule has 0 aliphatic carbocycles. The molecule has 0 spiro atoms. The lowest BCUT2D eigenvalue weighted by atomic mass is 9.92. The summed E-state index contributed by atoms with van der Waals surface area (Å²) in [4.78, 5) is 41.8. The molecule has 2 N–H and O–H groups in total. The lowest BCUT2D eigenvalue weighted by molar-refractivity contribution is -0.139. The number of imide groups is 1. The molecule has 1 aromatic rings. The van der Waals surface area contributed by atoms with Crippen molar-refractivity contribution in [1.82, 2.24) is 25.6 Å². The Balaban J connectivity index is 1.29. The molecule has 31 heavy (non-hydrogen) atoms. The average molecular weight is 450 g/mol. The highest BCUT2D eigenvalue weighted by Gasteiger charge is 2.50. The molecule has 0 aromatic heterocycles. The number of carbonyl (C=O) groups excluding carboxylic acids is 3. The van der Waals surface area contributed by atoms with Crippen LogP contribution in [0, 0.1) is 0 Å². The molecule has 0 bridgehead atoms. The van der Waals surface area contributed by atoms with Crippen molar-refractivity contribution >= 4 is 27.7 Å². The molecule has 3 fully saturated rings. The molecule has 3 aliphatic rings. The standard InChI is InChI=1S/C20H27N5O5S/c1-20(15-5-3-2-4-6-15)18(27)25(19(28)21-20)22-17(26)13-23-8-10-24(11-9-23)16-7-12-31(29,30)14-16/h2-6,16H,7-14H2,1H3,(H,21,28)(H,22,26)/t16-,20-/m1/s1. The molecule has 3 aliphatic heterocycles. The minimum absolute atomic E-state index is 0.0515. The number of hydrazine groups is 1. The van der Waals surface area contributed by atoms with Crippen molar-refractivity contribution in [1.29, 1.82) is 0 Å². The first-order valence-corrected chi connectivity index (χ1v) is 12.2. The van der Waals surface area contributed by atoms with E-state index in [2.05, 4.69) is 15.6 Å². The molecule has 10 nitrogen and oxygen atoms in total. The van der Waals surface area contributed by atoms with Crippen molar-refractivity contribution in [2.24, 2.45) is 0 Å². The van der Waals surface area contributed by atoms with Gasteiger partial charge in [0.15, 0.2) is 9.84 Å². The van der Waals surface area contributed by atoms with Gasteiger partial charge in [-0.2, -0.15) is 5.01 Å². The van der Waals surface area contributed by atoms with Crippen molar-refractivity contribution < 1.29 is 22.8 Å². The van der Waals surface area contributed by atoms with E-state index in [-0.39, 0.29) is 24.1 Å². The Kier molecular flexibility index (Phi) is 5.75. The Labute approximate surface area is 181 Å². The number of carbonyl (C=O) groups is 3. The molecule has 0 saturated carbocycles. The third-order valence-electron chi connectivity index (χ3n) is 6.28. The SMILES string of the molecule is C[C@]1(c2ccccc2)NC(=O)N(NC(=O)CN2CCN([C@@H]3CCS(=O)(=O)C3)CC2)C1=O. The lowest BCUT2D eigenvalue weighted by Crippen LogP contribution is -2.55. The summed E-state index contributed by atoms with van der Waals surface area (Å²) in [6.07, 6.45) is 0.662. The van der Waals surface area contributed by atoms with Gasteiger partial charge in [-0.25, -0.2) is 13.2 Å². The summed E-state index contributed by atoms with van der Waals surface area (Å²) in [5.74, 6) is -0.532. The molecular weight excluding hydrogens is 422 g/mol. The second kappa shape index (κ2) is 8.21. The quantitative estimate of drug-likeness (QED) is 0.570. The molecular formula is C20H27N5O5S. The monoisotopic (exact) mass is 449 g/mol. The van der Waals surface area contributed by atoms with E-state index < -0.39 is 33.2 Å². The van der Waals surface area contributed by atoms with Crippen LogP contribution in [0.3, 0.4) is 0 Å². The van der Waals surface area contributed by atoms with Crippen LogP contribution in [-0.2, 0) is 25.0 Å². The number of hydrogen-bond donors (Lipinski definition) is 2. The summed E-state index contributed by atoms with van der Waals surface area (Å²) in [5, 5.41) is 3.40. The van der Waals surface area contributed by atoms with Crippen molar-refractivity contribution in [3.05, 3.63) is 35.9 Å². The van der Waals surface area contributed by atoms with E-state index >= 15 is 0 Å². The van der Waals surface area contributed by atoms with Crippen LogP contribution in [0.1, 0.15) is 18.9 Å². The van der Waals surface area contributed by atoms with E-state index in [1.165, 1.54) is 0 Å². The summed E-state index contributed by atoms with van der Waals surface area (Å²) < 4.78 is 23.4. The molecule has 11 heteroatoms. The van der Waals surface area contributed by atoms with Gasteiger partial charge in [-0.05, 0) is 18.9 Å². The van der Waals surface area contributed by atoms with Gasteiger partial charge < -0.3 is 5.32 Å². The van der Waals surface area contributed by atoms with Crippen LogP contribution in [0.5, 0.6) is 0 Å². The number of amides is 4. The second-order valence-electron chi connectivity index (χ2n) is 8.47. The van der Waals surface area contributed by atoms with E-state index in [0.29, 0.717) is 38.2 Å². The van der Waals surface area contributed by atoms with Crippen LogP contribution < -0.4 is 10.7 Å². The molecule has 0 radical (unpaired) electrons. The van der Waals surface area contributed by atoms with Crippen LogP contribution in [0.15, 0.2) is 30.3 Å². The summed E-state index contributed by atoms with van der Waals surface area (Å²) in [6.45, 7) is 4.26. The Morgan fingerprint density at radius 2 is 1.84 bits per heavy atom. The van der Waals surface area contributed by atoms with Gasteiger partial charge in [0, 0.05) is 32.2 Å². The van der Waals surface area contributed by atoms with Gasteiger partial charge in [-0.3, -0.25) is 24.8 Å². The number of nitrogens with one attached hydrogen (secondary N) is 2. The number of sulfone groups is 1. The molecule has 4 rings (SSSR count). The Morgan fingerprint density at radius 3 is 2.45 bits per heavy atom. The molecule has 168 valence electrons. The highest BCUT2D eigenvalue weighted by Crippen LogP contribution is 2.27. The maximum atomic E-state index is 12.9. The zero-order chi connectivity index (χ0) is 22.2. The number of nitrogens with zero attached hydrogens (tertiary/aromatic N) is 3. The van der Waals surface area contributed by atoms with Crippen LogP contribution >= 0.6 is 0 Å². The third-order valence-corrected chi connectivity index (χ3v) is 8.03. The highest BCUT2D eigenvalue weighted by molar-refractivity contribution is 7.91. The number of rotatable bonds is 5. The third kappa shape index (κ3) is 4.43. The fraction of sp³-hybridized carbons (Fsp3) is 0.550. The van der Waals surface area contributed by atoms with Crippen LogP contribution in [0.4, 0.5) is 4.79 Å². The minimum atomic E-state index is -2.93. The van der Waals surface area contributed by atoms with Gasteiger partial charge in [0.25, 0.3) is 11.8 Å².